The van der Waals surface area contributed by atoms with Gasteiger partial charge in [-0.3, -0.25) is 0 Å². The van der Waals surface area contributed by atoms with Gasteiger partial charge in [0.2, 0.25) is 0 Å². The summed E-state index contributed by atoms with van der Waals surface area (Å²) < 4.78 is 0.821. The van der Waals surface area contributed by atoms with E-state index in [4.69, 9.17) is 0 Å². The third-order valence-electron chi connectivity index (χ3n) is 6.26. The molecule has 0 N–H and O–H groups in total. The van der Waals surface area contributed by atoms with Gasteiger partial charge < -0.3 is 0 Å². The number of halogens is 3. The van der Waals surface area contributed by atoms with Crippen molar-refractivity contribution in [2.24, 2.45) is 41.4 Å². The van der Waals surface area contributed by atoms with Crippen LogP contribution in [0.25, 0.3) is 0 Å². The van der Waals surface area contributed by atoms with Crippen molar-refractivity contribution in [2.45, 2.75) is 20.4 Å². The van der Waals surface area contributed by atoms with Crippen LogP contribution in [0, 0.1) is 41.4 Å². The monoisotopic (exact) mass is 380 g/mol. The first-order chi connectivity index (χ1) is 6.57. The molecule has 0 amide bonds. The Bertz CT molecular complexity index is 366. The minimum absolute atomic E-state index is 0.295. The van der Waals surface area contributed by atoms with Crippen molar-refractivity contribution in [1.29, 1.82) is 0 Å². The van der Waals surface area contributed by atoms with Gasteiger partial charge in [0, 0.05) is 10.2 Å². The van der Waals surface area contributed by atoms with E-state index in [1.54, 1.807) is 6.42 Å². The molecule has 0 radical (unpaired) electrons. The molecule has 14 heavy (non-hydrogen) atoms. The third-order valence-corrected chi connectivity index (χ3v) is 9.65. The van der Waals surface area contributed by atoms with Crippen molar-refractivity contribution in [3.8, 4) is 0 Å². The Hall–Kier alpha value is 1.44. The second kappa shape index (κ2) is 1.96. The van der Waals surface area contributed by atoms with Crippen molar-refractivity contribution < 1.29 is 0 Å². The summed E-state index contributed by atoms with van der Waals surface area (Å²) in [7, 11) is 0. The summed E-state index contributed by atoms with van der Waals surface area (Å²) in [6.45, 7) is 0. The standard InChI is InChI=1S/C11H11Br3/c12-10-2-5-3-1-4-6(5)9(10)11(13,14)8(4)7(3)10/h3-9H,1-2H2/t3-,4-,5+,6-,7-,8-,9+,10+/m0/s1. The lowest BCUT2D eigenvalue weighted by Gasteiger charge is -2.38. The maximum atomic E-state index is 4.13. The van der Waals surface area contributed by atoms with E-state index >= 15 is 0 Å². The summed E-state index contributed by atoms with van der Waals surface area (Å²) in [5.41, 5.74) is 0. The maximum absolute atomic E-state index is 4.13. The number of rotatable bonds is 0. The summed E-state index contributed by atoms with van der Waals surface area (Å²) in [4.78, 5) is 0. The summed E-state index contributed by atoms with van der Waals surface area (Å²) in [6, 6.07) is 0. The van der Waals surface area contributed by atoms with E-state index in [2.05, 4.69) is 47.8 Å². The van der Waals surface area contributed by atoms with Gasteiger partial charge in [0.25, 0.3) is 0 Å². The quantitative estimate of drug-likeness (QED) is 0.559. The fourth-order valence-corrected chi connectivity index (χ4v) is 11.4. The Morgan fingerprint density at radius 2 is 1.71 bits per heavy atom. The van der Waals surface area contributed by atoms with E-state index in [-0.39, 0.29) is 0 Å². The molecule has 0 saturated heterocycles. The van der Waals surface area contributed by atoms with E-state index in [0.717, 1.165) is 41.4 Å². The molecule has 0 heterocycles. The van der Waals surface area contributed by atoms with Crippen LogP contribution in [0.5, 0.6) is 0 Å². The Balaban J connectivity index is 1.89. The smallest absolute Gasteiger partial charge is 0.0846 e. The number of hydrogen-bond donors (Lipinski definition) is 0. The molecule has 3 heteroatoms. The molecule has 0 spiro atoms. The molecule has 76 valence electrons. The summed E-state index contributed by atoms with van der Waals surface area (Å²) in [5, 5.41) is 0. The molecular formula is C11H11Br3. The van der Waals surface area contributed by atoms with E-state index in [1.165, 1.54) is 6.42 Å². The first-order valence-electron chi connectivity index (χ1n) is 5.63. The molecule has 8 atom stereocenters. The molecule has 6 rings (SSSR count). The minimum atomic E-state index is 0.295. The highest BCUT2D eigenvalue weighted by atomic mass is 79.9. The van der Waals surface area contributed by atoms with Crippen LogP contribution in [0.3, 0.4) is 0 Å². The van der Waals surface area contributed by atoms with Gasteiger partial charge in [-0.2, -0.15) is 0 Å². The van der Waals surface area contributed by atoms with Crippen molar-refractivity contribution in [3.05, 3.63) is 0 Å². The zero-order valence-electron chi connectivity index (χ0n) is 7.59. The van der Waals surface area contributed by atoms with Gasteiger partial charge in [-0.05, 0) is 48.3 Å². The second-order valence-corrected chi connectivity index (χ2v) is 11.3. The van der Waals surface area contributed by atoms with Gasteiger partial charge in [0.15, 0.2) is 0 Å². The SMILES string of the molecule is BrC1(Br)[C@H]2[C@H]3C[C@H]4[C@H]5C[C@@](Br)([C@@H]42)[C@H]1[C@H]53. The van der Waals surface area contributed by atoms with E-state index in [0.29, 0.717) is 7.56 Å². The lowest BCUT2D eigenvalue weighted by Crippen LogP contribution is -2.39. The van der Waals surface area contributed by atoms with Gasteiger partial charge in [-0.25, -0.2) is 0 Å². The summed E-state index contributed by atoms with van der Waals surface area (Å²) in [6.07, 6.45) is 3.02. The van der Waals surface area contributed by atoms with Crippen LogP contribution in [0.15, 0.2) is 0 Å². The third kappa shape index (κ3) is 0.533. The zero-order chi connectivity index (χ0) is 9.46. The summed E-state index contributed by atoms with van der Waals surface area (Å²) >= 11 is 12.2. The van der Waals surface area contributed by atoms with Crippen molar-refractivity contribution in [2.75, 3.05) is 0 Å². The molecule has 6 bridgehead atoms. The largest absolute Gasteiger partial charge is 0.0883 e. The second-order valence-electron chi connectivity index (χ2n) is 6.14. The van der Waals surface area contributed by atoms with Crippen LogP contribution >= 0.6 is 47.8 Å². The van der Waals surface area contributed by atoms with Crippen LogP contribution in [-0.2, 0) is 0 Å². The molecule has 0 unspecified atom stereocenters. The molecule has 0 aromatic rings. The van der Waals surface area contributed by atoms with Crippen LogP contribution in [-0.4, -0.2) is 7.56 Å². The Morgan fingerprint density at radius 1 is 0.929 bits per heavy atom. The number of hydrogen-bond acceptors (Lipinski definition) is 0. The van der Waals surface area contributed by atoms with Gasteiger partial charge in [0.05, 0.1) is 3.23 Å². The highest BCUT2D eigenvalue weighted by Gasteiger charge is 2.88. The zero-order valence-corrected chi connectivity index (χ0v) is 12.3. The highest BCUT2D eigenvalue weighted by Crippen LogP contribution is 2.90. The molecule has 0 nitrogen and oxygen atoms in total. The maximum Gasteiger partial charge on any atom is 0.0883 e. The summed E-state index contributed by atoms with van der Waals surface area (Å²) in [5.74, 6) is 7.08. The van der Waals surface area contributed by atoms with Gasteiger partial charge in [-0.15, -0.1) is 0 Å². The van der Waals surface area contributed by atoms with Crippen molar-refractivity contribution in [3.63, 3.8) is 0 Å². The van der Waals surface area contributed by atoms with E-state index in [1.807, 2.05) is 0 Å². The van der Waals surface area contributed by atoms with E-state index in [9.17, 15) is 0 Å². The molecule has 6 aliphatic carbocycles. The van der Waals surface area contributed by atoms with E-state index < -0.39 is 0 Å². The predicted molar refractivity (Wildman–Crippen MR) is 65.9 cm³/mol. The first-order valence-corrected chi connectivity index (χ1v) is 8.01. The minimum Gasteiger partial charge on any atom is -0.0846 e. The molecule has 0 aromatic heterocycles. The molecule has 6 fully saturated rings. The van der Waals surface area contributed by atoms with Gasteiger partial charge in [0.1, 0.15) is 0 Å². The van der Waals surface area contributed by atoms with Crippen molar-refractivity contribution >= 4 is 47.8 Å². The van der Waals surface area contributed by atoms with Crippen molar-refractivity contribution in [1.82, 2.24) is 0 Å². The van der Waals surface area contributed by atoms with Gasteiger partial charge in [-0.1, -0.05) is 47.8 Å². The van der Waals surface area contributed by atoms with Gasteiger partial charge >= 0.3 is 0 Å². The topological polar surface area (TPSA) is 0 Å². The average molecular weight is 383 g/mol. The predicted octanol–water partition coefficient (Wildman–Crippen LogP) is 3.77. The Morgan fingerprint density at radius 3 is 2.43 bits per heavy atom. The molecule has 0 aromatic carbocycles. The first kappa shape index (κ1) is 8.52. The average Bonchev–Trinajstić information content (AvgIpc) is 2.70. The molecule has 6 aliphatic rings. The lowest BCUT2D eigenvalue weighted by atomic mass is 9.71. The van der Waals surface area contributed by atoms with Crippen LogP contribution in [0.2, 0.25) is 0 Å². The lowest BCUT2D eigenvalue weighted by molar-refractivity contribution is 0.149. The van der Waals surface area contributed by atoms with Crippen LogP contribution in [0.1, 0.15) is 12.8 Å². The molecule has 6 saturated carbocycles. The molecular weight excluding hydrogens is 372 g/mol. The number of alkyl halides is 3. The fraction of sp³-hybridized carbons (Fsp3) is 1.00. The Labute approximate surface area is 109 Å². The molecule has 0 aliphatic heterocycles. The highest BCUT2D eigenvalue weighted by molar-refractivity contribution is 9.25. The Kier molecular flexibility index (Phi) is 1.20. The van der Waals surface area contributed by atoms with Crippen LogP contribution < -0.4 is 0 Å². The fourth-order valence-electron chi connectivity index (χ4n) is 6.48. The normalized spacial score (nSPS) is 78.6. The van der Waals surface area contributed by atoms with Crippen LogP contribution in [0.4, 0.5) is 0 Å².